The van der Waals surface area contributed by atoms with Crippen LogP contribution in [0, 0.1) is 0 Å². The first-order valence-corrected chi connectivity index (χ1v) is 3.64. The molecule has 0 radical (unpaired) electrons. The number of carbonyl (C=O) groups excluding carboxylic acids is 1. The van der Waals surface area contributed by atoms with Gasteiger partial charge in [-0.15, -0.1) is 0 Å². The zero-order valence-corrected chi connectivity index (χ0v) is 6.77. The summed E-state index contributed by atoms with van der Waals surface area (Å²) < 4.78 is 1.47. The van der Waals surface area contributed by atoms with E-state index in [1.807, 2.05) is 6.92 Å². The van der Waals surface area contributed by atoms with E-state index in [-0.39, 0.29) is 11.9 Å². The fourth-order valence-electron chi connectivity index (χ4n) is 0.967. The first-order chi connectivity index (χ1) is 5.79. The summed E-state index contributed by atoms with van der Waals surface area (Å²) in [7, 11) is 0. The maximum atomic E-state index is 11.1. The van der Waals surface area contributed by atoms with E-state index in [2.05, 4.69) is 15.5 Å². The number of nitrogens with zero attached hydrogens (tertiary/aromatic N) is 3. The lowest BCUT2D eigenvalue weighted by Crippen LogP contribution is -2.37. The standard InChI is InChI=1S/C6H11N5O/c1-2-5(6(12)10-7)11-4-8-3-9-11/h3-5H,2,7H2,1H3,(H,10,12). The molecular formula is C6H11N5O. The van der Waals surface area contributed by atoms with E-state index < -0.39 is 0 Å². The van der Waals surface area contributed by atoms with Crippen LogP contribution in [-0.4, -0.2) is 20.7 Å². The lowest BCUT2D eigenvalue weighted by Gasteiger charge is -2.11. The second-order valence-electron chi connectivity index (χ2n) is 2.31. The quantitative estimate of drug-likeness (QED) is 0.353. The molecule has 1 heterocycles. The van der Waals surface area contributed by atoms with Crippen LogP contribution >= 0.6 is 0 Å². The van der Waals surface area contributed by atoms with Gasteiger partial charge in [-0.3, -0.25) is 10.2 Å². The highest BCUT2D eigenvalue weighted by molar-refractivity contribution is 5.79. The zero-order valence-electron chi connectivity index (χ0n) is 6.77. The normalized spacial score (nSPS) is 12.5. The summed E-state index contributed by atoms with van der Waals surface area (Å²) in [5, 5.41) is 3.85. The number of hydrogen-bond acceptors (Lipinski definition) is 4. The van der Waals surface area contributed by atoms with Crippen LogP contribution in [0.3, 0.4) is 0 Å². The number of amides is 1. The molecule has 12 heavy (non-hydrogen) atoms. The molecule has 0 aliphatic carbocycles. The number of hydrazine groups is 1. The number of hydrogen-bond donors (Lipinski definition) is 2. The largest absolute Gasteiger partial charge is 0.292 e. The third-order valence-corrected chi connectivity index (χ3v) is 1.59. The molecule has 1 unspecified atom stereocenters. The Labute approximate surface area is 69.7 Å². The number of rotatable bonds is 3. The molecule has 0 spiro atoms. The Bertz CT molecular complexity index is 244. The Balaban J connectivity index is 2.76. The Morgan fingerprint density at radius 3 is 3.00 bits per heavy atom. The van der Waals surface area contributed by atoms with Crippen molar-refractivity contribution in [2.45, 2.75) is 19.4 Å². The minimum Gasteiger partial charge on any atom is -0.292 e. The third-order valence-electron chi connectivity index (χ3n) is 1.59. The van der Waals surface area contributed by atoms with Crippen LogP contribution in [0.2, 0.25) is 0 Å². The molecule has 0 aliphatic heterocycles. The predicted molar refractivity (Wildman–Crippen MR) is 41.7 cm³/mol. The molecule has 66 valence electrons. The molecule has 6 heteroatoms. The van der Waals surface area contributed by atoms with Crippen molar-refractivity contribution in [3.05, 3.63) is 12.7 Å². The van der Waals surface area contributed by atoms with Crippen LogP contribution in [0.1, 0.15) is 19.4 Å². The molecule has 0 bridgehead atoms. The van der Waals surface area contributed by atoms with Crippen LogP contribution in [0.15, 0.2) is 12.7 Å². The SMILES string of the molecule is CCC(C(=O)NN)n1cncn1. The van der Waals surface area contributed by atoms with Crippen LogP contribution < -0.4 is 11.3 Å². The van der Waals surface area contributed by atoms with Crippen LogP contribution in [-0.2, 0) is 4.79 Å². The number of aromatic nitrogens is 3. The molecule has 1 aromatic heterocycles. The van der Waals surface area contributed by atoms with E-state index >= 15 is 0 Å². The van der Waals surface area contributed by atoms with E-state index in [1.54, 1.807) is 0 Å². The molecule has 0 aliphatic rings. The summed E-state index contributed by atoms with van der Waals surface area (Å²) >= 11 is 0. The monoisotopic (exact) mass is 169 g/mol. The van der Waals surface area contributed by atoms with Gasteiger partial charge in [-0.1, -0.05) is 6.92 Å². The average molecular weight is 169 g/mol. The van der Waals surface area contributed by atoms with Crippen molar-refractivity contribution < 1.29 is 4.79 Å². The van der Waals surface area contributed by atoms with Gasteiger partial charge in [-0.05, 0) is 6.42 Å². The number of nitrogens with two attached hydrogens (primary N) is 1. The third kappa shape index (κ3) is 1.59. The zero-order chi connectivity index (χ0) is 8.97. The fourth-order valence-corrected chi connectivity index (χ4v) is 0.967. The van der Waals surface area contributed by atoms with Gasteiger partial charge in [0, 0.05) is 0 Å². The Hall–Kier alpha value is -1.43. The predicted octanol–water partition coefficient (Wildman–Crippen LogP) is -0.781. The van der Waals surface area contributed by atoms with Gasteiger partial charge in [0.1, 0.15) is 18.7 Å². The molecule has 0 fully saturated rings. The minimum atomic E-state index is -0.363. The van der Waals surface area contributed by atoms with Crippen molar-refractivity contribution in [1.29, 1.82) is 0 Å². The second-order valence-corrected chi connectivity index (χ2v) is 2.31. The summed E-state index contributed by atoms with van der Waals surface area (Å²) in [6, 6.07) is -0.363. The van der Waals surface area contributed by atoms with E-state index in [0.717, 1.165) is 0 Å². The van der Waals surface area contributed by atoms with Crippen molar-refractivity contribution in [2.75, 3.05) is 0 Å². The topological polar surface area (TPSA) is 85.8 Å². The van der Waals surface area contributed by atoms with Crippen LogP contribution in [0.4, 0.5) is 0 Å². The van der Waals surface area contributed by atoms with Crippen LogP contribution in [0.25, 0.3) is 0 Å². The maximum Gasteiger partial charge on any atom is 0.258 e. The van der Waals surface area contributed by atoms with Crippen molar-refractivity contribution in [3.63, 3.8) is 0 Å². The van der Waals surface area contributed by atoms with Gasteiger partial charge >= 0.3 is 0 Å². The van der Waals surface area contributed by atoms with Crippen molar-refractivity contribution in [2.24, 2.45) is 5.84 Å². The Morgan fingerprint density at radius 1 is 1.83 bits per heavy atom. The lowest BCUT2D eigenvalue weighted by atomic mass is 10.2. The van der Waals surface area contributed by atoms with Crippen molar-refractivity contribution >= 4 is 5.91 Å². The summed E-state index contributed by atoms with van der Waals surface area (Å²) in [6.07, 6.45) is 3.50. The summed E-state index contributed by atoms with van der Waals surface area (Å²) in [5.41, 5.74) is 2.08. The average Bonchev–Trinajstić information content (AvgIpc) is 2.58. The first kappa shape index (κ1) is 8.66. The van der Waals surface area contributed by atoms with E-state index in [9.17, 15) is 4.79 Å². The summed E-state index contributed by atoms with van der Waals surface area (Å²) in [4.78, 5) is 14.9. The van der Waals surface area contributed by atoms with Crippen LogP contribution in [0.5, 0.6) is 0 Å². The summed E-state index contributed by atoms with van der Waals surface area (Å²) in [6.45, 7) is 1.88. The fraction of sp³-hybridized carbons (Fsp3) is 0.500. The van der Waals surface area contributed by atoms with Gasteiger partial charge in [-0.2, -0.15) is 5.10 Å². The highest BCUT2D eigenvalue weighted by Gasteiger charge is 2.17. The van der Waals surface area contributed by atoms with E-state index in [4.69, 9.17) is 5.84 Å². The van der Waals surface area contributed by atoms with Gasteiger partial charge in [0.15, 0.2) is 0 Å². The lowest BCUT2D eigenvalue weighted by molar-refractivity contribution is -0.124. The van der Waals surface area contributed by atoms with E-state index in [0.29, 0.717) is 6.42 Å². The van der Waals surface area contributed by atoms with Gasteiger partial charge in [0.2, 0.25) is 0 Å². The van der Waals surface area contributed by atoms with Crippen molar-refractivity contribution in [3.8, 4) is 0 Å². The van der Waals surface area contributed by atoms with Gasteiger partial charge in [0.05, 0.1) is 0 Å². The molecule has 0 aromatic carbocycles. The molecule has 1 aromatic rings. The molecular weight excluding hydrogens is 158 g/mol. The molecule has 1 atom stereocenters. The molecule has 1 amide bonds. The smallest absolute Gasteiger partial charge is 0.258 e. The van der Waals surface area contributed by atoms with Gasteiger partial charge in [0.25, 0.3) is 5.91 Å². The molecule has 6 nitrogen and oxygen atoms in total. The Kier molecular flexibility index (Phi) is 2.76. The maximum absolute atomic E-state index is 11.1. The molecule has 0 saturated heterocycles. The molecule has 3 N–H and O–H groups in total. The number of nitrogens with one attached hydrogen (secondary N) is 1. The van der Waals surface area contributed by atoms with E-state index in [1.165, 1.54) is 17.3 Å². The number of carbonyl (C=O) groups is 1. The van der Waals surface area contributed by atoms with Gasteiger partial charge < -0.3 is 0 Å². The second kappa shape index (κ2) is 3.82. The highest BCUT2D eigenvalue weighted by atomic mass is 16.2. The van der Waals surface area contributed by atoms with Crippen molar-refractivity contribution in [1.82, 2.24) is 20.2 Å². The highest BCUT2D eigenvalue weighted by Crippen LogP contribution is 2.07. The summed E-state index contributed by atoms with van der Waals surface area (Å²) in [5.74, 6) is 4.73. The molecule has 1 rings (SSSR count). The van der Waals surface area contributed by atoms with Gasteiger partial charge in [-0.25, -0.2) is 15.5 Å². The Morgan fingerprint density at radius 2 is 2.58 bits per heavy atom. The first-order valence-electron chi connectivity index (χ1n) is 3.64. The molecule has 0 saturated carbocycles. The minimum absolute atomic E-state index is 0.261.